The minimum absolute atomic E-state index is 0.0579. The van der Waals surface area contributed by atoms with Crippen LogP contribution < -0.4 is 5.56 Å². The Morgan fingerprint density at radius 1 is 1.35 bits per heavy atom. The van der Waals surface area contributed by atoms with Crippen molar-refractivity contribution >= 4 is 21.8 Å². The normalized spacial score (nSPS) is 20.3. The number of aromatic amines is 1. The maximum Gasteiger partial charge on any atom is 0.262 e. The third-order valence-electron chi connectivity index (χ3n) is 4.30. The largest absolute Gasteiger partial charge is 0.329 e. The third-order valence-corrected chi connectivity index (χ3v) is 4.89. The number of nitrogens with zero attached hydrogens (tertiary/aromatic N) is 1. The van der Waals surface area contributed by atoms with E-state index in [0.717, 1.165) is 11.1 Å². The zero-order chi connectivity index (χ0) is 16.7. The Morgan fingerprint density at radius 3 is 2.78 bits per heavy atom. The van der Waals surface area contributed by atoms with Gasteiger partial charge in [-0.05, 0) is 65.5 Å². The number of halogens is 2. The number of aromatic nitrogens is 1. The van der Waals surface area contributed by atoms with E-state index in [-0.39, 0.29) is 29.4 Å². The van der Waals surface area contributed by atoms with Gasteiger partial charge in [-0.1, -0.05) is 6.07 Å². The summed E-state index contributed by atoms with van der Waals surface area (Å²) in [5.74, 6) is -0.413. The number of pyridine rings is 1. The second-order valence-electron chi connectivity index (χ2n) is 5.85. The number of carbonyl (C=O) groups is 1. The number of hydrogen-bond donors (Lipinski definition) is 1. The molecule has 1 aliphatic heterocycles. The van der Waals surface area contributed by atoms with Crippen molar-refractivity contribution in [3.05, 3.63) is 67.8 Å². The lowest BCUT2D eigenvalue weighted by atomic mass is 9.89. The Bertz CT molecular complexity index is 834. The van der Waals surface area contributed by atoms with Crippen LogP contribution in [0.15, 0.2) is 39.7 Å². The van der Waals surface area contributed by atoms with Crippen LogP contribution >= 0.6 is 15.9 Å². The number of amides is 1. The summed E-state index contributed by atoms with van der Waals surface area (Å²) in [6.07, 6.45) is 2.03. The summed E-state index contributed by atoms with van der Waals surface area (Å²) in [4.78, 5) is 28.6. The van der Waals surface area contributed by atoms with Crippen molar-refractivity contribution in [3.8, 4) is 0 Å². The van der Waals surface area contributed by atoms with Crippen molar-refractivity contribution < 1.29 is 9.18 Å². The minimum atomic E-state index is -0.276. The number of rotatable bonds is 1. The monoisotopic (exact) mass is 378 g/mol. The average Bonchev–Trinajstić information content (AvgIpc) is 2.49. The molecule has 1 aromatic heterocycles. The van der Waals surface area contributed by atoms with E-state index in [9.17, 15) is 14.0 Å². The van der Waals surface area contributed by atoms with Crippen molar-refractivity contribution in [3.63, 3.8) is 0 Å². The molecule has 1 N–H and O–H groups in total. The first kappa shape index (κ1) is 15.9. The molecule has 2 atom stereocenters. The Labute approximate surface area is 141 Å². The smallest absolute Gasteiger partial charge is 0.262 e. The summed E-state index contributed by atoms with van der Waals surface area (Å²) in [7, 11) is 0. The molecule has 0 aliphatic carbocycles. The molecule has 0 saturated heterocycles. The predicted octanol–water partition coefficient (Wildman–Crippen LogP) is 3.42. The molecule has 0 fully saturated rings. The van der Waals surface area contributed by atoms with E-state index in [1.807, 2.05) is 13.8 Å². The van der Waals surface area contributed by atoms with Gasteiger partial charge in [0.2, 0.25) is 0 Å². The molecule has 3 rings (SSSR count). The number of benzene rings is 1. The van der Waals surface area contributed by atoms with Crippen LogP contribution in [0.2, 0.25) is 0 Å². The van der Waals surface area contributed by atoms with E-state index in [1.165, 1.54) is 18.3 Å². The highest BCUT2D eigenvalue weighted by Gasteiger charge is 2.33. The van der Waals surface area contributed by atoms with E-state index in [1.54, 1.807) is 17.0 Å². The molecule has 0 saturated carbocycles. The lowest BCUT2D eigenvalue weighted by Crippen LogP contribution is -2.45. The second-order valence-corrected chi connectivity index (χ2v) is 6.70. The summed E-state index contributed by atoms with van der Waals surface area (Å²) in [6, 6.07) is 6.01. The first-order valence-corrected chi connectivity index (χ1v) is 8.17. The molecule has 1 amide bonds. The van der Waals surface area contributed by atoms with Crippen LogP contribution in [-0.2, 0) is 6.42 Å². The molecule has 1 aliphatic rings. The van der Waals surface area contributed by atoms with E-state index in [0.29, 0.717) is 16.5 Å². The SMILES string of the molecule is C[C@@H]1Cc2cc(F)ccc2[C@H](C)N1C(=O)c1c[nH]c(=O)c(Br)c1. The van der Waals surface area contributed by atoms with Crippen LogP contribution in [0.5, 0.6) is 0 Å². The first-order valence-electron chi connectivity index (χ1n) is 7.37. The van der Waals surface area contributed by atoms with Gasteiger partial charge in [-0.15, -0.1) is 0 Å². The summed E-state index contributed by atoms with van der Waals surface area (Å²) in [5, 5.41) is 0. The van der Waals surface area contributed by atoms with E-state index >= 15 is 0 Å². The van der Waals surface area contributed by atoms with Crippen LogP contribution in [0.1, 0.15) is 41.4 Å². The summed E-state index contributed by atoms with van der Waals surface area (Å²) in [6.45, 7) is 3.88. The van der Waals surface area contributed by atoms with Gasteiger partial charge in [0.25, 0.3) is 11.5 Å². The van der Waals surface area contributed by atoms with Gasteiger partial charge < -0.3 is 9.88 Å². The fraction of sp³-hybridized carbons (Fsp3) is 0.294. The lowest BCUT2D eigenvalue weighted by Gasteiger charge is -2.40. The fourth-order valence-electron chi connectivity index (χ4n) is 3.21. The molecule has 1 aromatic carbocycles. The highest BCUT2D eigenvalue weighted by molar-refractivity contribution is 9.10. The predicted molar refractivity (Wildman–Crippen MR) is 88.9 cm³/mol. The van der Waals surface area contributed by atoms with Gasteiger partial charge in [0.05, 0.1) is 16.1 Å². The van der Waals surface area contributed by atoms with Crippen molar-refractivity contribution in [1.29, 1.82) is 0 Å². The number of fused-ring (bicyclic) bond motifs is 1. The van der Waals surface area contributed by atoms with Crippen molar-refractivity contribution in [2.24, 2.45) is 0 Å². The van der Waals surface area contributed by atoms with Gasteiger partial charge in [0, 0.05) is 12.2 Å². The highest BCUT2D eigenvalue weighted by atomic mass is 79.9. The zero-order valence-corrected chi connectivity index (χ0v) is 14.4. The van der Waals surface area contributed by atoms with Gasteiger partial charge in [-0.3, -0.25) is 9.59 Å². The molecule has 6 heteroatoms. The van der Waals surface area contributed by atoms with Gasteiger partial charge >= 0.3 is 0 Å². The average molecular weight is 379 g/mol. The lowest BCUT2D eigenvalue weighted by molar-refractivity contribution is 0.0580. The van der Waals surface area contributed by atoms with Crippen LogP contribution in [0.25, 0.3) is 0 Å². The number of nitrogens with one attached hydrogen (secondary N) is 1. The molecule has 0 spiro atoms. The number of carbonyl (C=O) groups excluding carboxylic acids is 1. The molecule has 2 heterocycles. The maximum absolute atomic E-state index is 13.4. The molecule has 4 nitrogen and oxygen atoms in total. The van der Waals surface area contributed by atoms with Crippen LogP contribution in [0, 0.1) is 5.82 Å². The Balaban J connectivity index is 1.99. The zero-order valence-electron chi connectivity index (χ0n) is 12.8. The molecule has 120 valence electrons. The number of H-pyrrole nitrogens is 1. The van der Waals surface area contributed by atoms with Gasteiger partial charge in [-0.25, -0.2) is 4.39 Å². The molecular weight excluding hydrogens is 363 g/mol. The number of hydrogen-bond acceptors (Lipinski definition) is 2. The third kappa shape index (κ3) is 2.83. The molecule has 0 unspecified atom stereocenters. The molecule has 0 bridgehead atoms. The van der Waals surface area contributed by atoms with Crippen molar-refractivity contribution in [2.75, 3.05) is 0 Å². The minimum Gasteiger partial charge on any atom is -0.329 e. The maximum atomic E-state index is 13.4. The summed E-state index contributed by atoms with van der Waals surface area (Å²) < 4.78 is 13.8. The standard InChI is InChI=1S/C17H16BrFN2O2/c1-9-5-11-6-13(19)3-4-14(11)10(2)21(9)17(23)12-7-15(18)16(22)20-8-12/h3-4,6-10H,5H2,1-2H3,(H,20,22)/t9-,10+/m1/s1. The molecule has 2 aromatic rings. The van der Waals surface area contributed by atoms with Crippen molar-refractivity contribution in [2.45, 2.75) is 32.4 Å². The summed E-state index contributed by atoms with van der Waals surface area (Å²) >= 11 is 3.15. The van der Waals surface area contributed by atoms with Gasteiger partial charge in [0.15, 0.2) is 0 Å². The van der Waals surface area contributed by atoms with E-state index in [4.69, 9.17) is 0 Å². The van der Waals surface area contributed by atoms with E-state index < -0.39 is 0 Å². The quantitative estimate of drug-likeness (QED) is 0.826. The van der Waals surface area contributed by atoms with Crippen molar-refractivity contribution in [1.82, 2.24) is 9.88 Å². The second kappa shape index (κ2) is 5.92. The highest BCUT2D eigenvalue weighted by Crippen LogP contribution is 2.34. The van der Waals surface area contributed by atoms with Crippen LogP contribution in [-0.4, -0.2) is 21.8 Å². The van der Waals surface area contributed by atoms with Crippen LogP contribution in [0.3, 0.4) is 0 Å². The van der Waals surface area contributed by atoms with E-state index in [2.05, 4.69) is 20.9 Å². The molecule has 0 radical (unpaired) electrons. The Kier molecular flexibility index (Phi) is 4.10. The van der Waals surface area contributed by atoms with Gasteiger partial charge in [-0.2, -0.15) is 0 Å². The van der Waals surface area contributed by atoms with Gasteiger partial charge in [0.1, 0.15) is 5.82 Å². The summed E-state index contributed by atoms with van der Waals surface area (Å²) in [5.41, 5.74) is 2.04. The topological polar surface area (TPSA) is 53.2 Å². The Morgan fingerprint density at radius 2 is 2.09 bits per heavy atom. The molecule has 23 heavy (non-hydrogen) atoms. The fourth-order valence-corrected chi connectivity index (χ4v) is 3.57. The molecular formula is C17H16BrFN2O2. The Hall–Kier alpha value is -1.95. The van der Waals surface area contributed by atoms with Crippen LogP contribution in [0.4, 0.5) is 4.39 Å². The first-order chi connectivity index (χ1) is 10.9.